The molecule has 17 heavy (non-hydrogen) atoms. The number of nitrogens with one attached hydrogen (secondary N) is 1. The summed E-state index contributed by atoms with van der Waals surface area (Å²) in [5, 5.41) is 4.53. The van der Waals surface area contributed by atoms with Crippen molar-refractivity contribution in [3.05, 3.63) is 15.6 Å². The maximum atomic E-state index is 5.53. The van der Waals surface area contributed by atoms with Crippen LogP contribution in [0.3, 0.4) is 0 Å². The average molecular weight is 256 g/mol. The Morgan fingerprint density at radius 2 is 1.88 bits per heavy atom. The molecule has 0 bridgehead atoms. The zero-order valence-corrected chi connectivity index (χ0v) is 12.8. The molecule has 1 unspecified atom stereocenters. The van der Waals surface area contributed by atoms with Crippen LogP contribution >= 0.6 is 11.3 Å². The first-order valence-electron chi connectivity index (χ1n) is 5.92. The van der Waals surface area contributed by atoms with Crippen LogP contribution in [-0.4, -0.2) is 24.7 Å². The Kier molecular flexibility index (Phi) is 4.33. The predicted molar refractivity (Wildman–Crippen MR) is 73.7 cm³/mol. The van der Waals surface area contributed by atoms with Crippen LogP contribution in [0.5, 0.6) is 0 Å². The highest BCUT2D eigenvalue weighted by Gasteiger charge is 2.35. The van der Waals surface area contributed by atoms with Crippen molar-refractivity contribution in [2.75, 3.05) is 14.2 Å². The number of aryl methyl sites for hydroxylation is 2. The molecule has 98 valence electrons. The van der Waals surface area contributed by atoms with Gasteiger partial charge in [-0.15, -0.1) is 11.3 Å². The second-order valence-electron chi connectivity index (χ2n) is 5.38. The molecule has 0 spiro atoms. The van der Waals surface area contributed by atoms with E-state index < -0.39 is 0 Å². The van der Waals surface area contributed by atoms with Crippen molar-refractivity contribution >= 4 is 11.3 Å². The Morgan fingerprint density at radius 1 is 1.29 bits per heavy atom. The first-order chi connectivity index (χ1) is 7.74. The molecular weight excluding hydrogens is 232 g/mol. The maximum absolute atomic E-state index is 5.53. The number of nitrogens with zero attached hydrogens (tertiary/aromatic N) is 1. The normalized spacial score (nSPS) is 15.9. The van der Waals surface area contributed by atoms with E-state index in [1.165, 1.54) is 4.88 Å². The van der Waals surface area contributed by atoms with Crippen molar-refractivity contribution in [1.82, 2.24) is 10.3 Å². The Balaban J connectivity index is 3.03. The molecule has 0 fully saturated rings. The summed E-state index contributed by atoms with van der Waals surface area (Å²) in [6.45, 7) is 10.6. The summed E-state index contributed by atoms with van der Waals surface area (Å²) in [6.07, 6.45) is 0.888. The molecule has 1 heterocycles. The van der Waals surface area contributed by atoms with E-state index in [4.69, 9.17) is 4.74 Å². The van der Waals surface area contributed by atoms with Gasteiger partial charge in [-0.2, -0.15) is 0 Å². The van der Waals surface area contributed by atoms with Gasteiger partial charge in [0.05, 0.1) is 16.8 Å². The molecule has 1 rings (SSSR count). The van der Waals surface area contributed by atoms with Crippen molar-refractivity contribution in [3.63, 3.8) is 0 Å². The highest BCUT2D eigenvalue weighted by Crippen LogP contribution is 2.34. The van der Waals surface area contributed by atoms with Gasteiger partial charge in [0.2, 0.25) is 0 Å². The maximum Gasteiger partial charge on any atom is 0.113 e. The third-order valence-electron chi connectivity index (χ3n) is 3.38. The number of rotatable bonds is 5. The smallest absolute Gasteiger partial charge is 0.113 e. The van der Waals surface area contributed by atoms with Crippen molar-refractivity contribution in [2.24, 2.45) is 0 Å². The van der Waals surface area contributed by atoms with Gasteiger partial charge < -0.3 is 10.1 Å². The summed E-state index contributed by atoms with van der Waals surface area (Å²) in [5.74, 6) is 0. The summed E-state index contributed by atoms with van der Waals surface area (Å²) in [6, 6.07) is 0. The molecule has 0 aliphatic heterocycles. The average Bonchev–Trinajstić information content (AvgIpc) is 2.59. The van der Waals surface area contributed by atoms with Crippen LogP contribution in [0.15, 0.2) is 0 Å². The number of aromatic nitrogens is 1. The van der Waals surface area contributed by atoms with Crippen molar-refractivity contribution in [3.8, 4) is 0 Å². The van der Waals surface area contributed by atoms with Crippen LogP contribution in [0.2, 0.25) is 0 Å². The molecule has 0 aliphatic carbocycles. The molecule has 4 heteroatoms. The molecule has 3 nitrogen and oxygen atoms in total. The molecule has 1 aromatic rings. The number of hydrogen-bond donors (Lipinski definition) is 1. The van der Waals surface area contributed by atoms with Gasteiger partial charge in [0.25, 0.3) is 0 Å². The second kappa shape index (κ2) is 5.04. The largest absolute Gasteiger partial charge is 0.379 e. The Hall–Kier alpha value is -0.450. The van der Waals surface area contributed by atoms with Gasteiger partial charge in [0, 0.05) is 18.4 Å². The lowest BCUT2D eigenvalue weighted by atomic mass is 9.88. The number of thiazole rings is 1. The number of methoxy groups -OCH3 is 1. The molecule has 0 saturated heterocycles. The van der Waals surface area contributed by atoms with Crippen LogP contribution in [0.4, 0.5) is 0 Å². The summed E-state index contributed by atoms with van der Waals surface area (Å²) >= 11 is 1.77. The molecule has 0 aliphatic rings. The molecule has 1 atom stereocenters. The summed E-state index contributed by atoms with van der Waals surface area (Å²) in [5.41, 5.74) is 0.829. The van der Waals surface area contributed by atoms with Gasteiger partial charge in [-0.05, 0) is 41.7 Å². The molecule has 0 aromatic carbocycles. The second-order valence-corrected chi connectivity index (χ2v) is 6.59. The lowest BCUT2D eigenvalue weighted by Gasteiger charge is -2.35. The molecule has 1 aromatic heterocycles. The van der Waals surface area contributed by atoms with Crippen LogP contribution in [0.1, 0.15) is 42.8 Å². The van der Waals surface area contributed by atoms with E-state index in [1.54, 1.807) is 18.4 Å². The highest BCUT2D eigenvalue weighted by atomic mass is 32.1. The van der Waals surface area contributed by atoms with E-state index in [0.717, 1.165) is 17.1 Å². The Labute approximate surface area is 109 Å². The topological polar surface area (TPSA) is 34.1 Å². The number of hydrogen-bond acceptors (Lipinski definition) is 4. The van der Waals surface area contributed by atoms with Crippen molar-refractivity contribution < 1.29 is 4.74 Å². The lowest BCUT2D eigenvalue weighted by Crippen LogP contribution is -2.43. The van der Waals surface area contributed by atoms with Crippen LogP contribution in [-0.2, 0) is 10.3 Å². The predicted octanol–water partition coefficient (Wildman–Crippen LogP) is 3.01. The van der Waals surface area contributed by atoms with Crippen LogP contribution < -0.4 is 5.32 Å². The molecule has 0 saturated carbocycles. The summed E-state index contributed by atoms with van der Waals surface area (Å²) < 4.78 is 5.53. The van der Waals surface area contributed by atoms with Gasteiger partial charge in [-0.25, -0.2) is 4.98 Å². The van der Waals surface area contributed by atoms with Crippen LogP contribution in [0, 0.1) is 13.8 Å². The van der Waals surface area contributed by atoms with Gasteiger partial charge in [-0.1, -0.05) is 0 Å². The zero-order chi connectivity index (χ0) is 13.3. The van der Waals surface area contributed by atoms with E-state index in [0.29, 0.717) is 0 Å². The van der Waals surface area contributed by atoms with E-state index in [9.17, 15) is 0 Å². The van der Waals surface area contributed by atoms with E-state index >= 15 is 0 Å². The fourth-order valence-electron chi connectivity index (χ4n) is 1.90. The zero-order valence-electron chi connectivity index (χ0n) is 12.0. The summed E-state index contributed by atoms with van der Waals surface area (Å²) in [4.78, 5) is 5.96. The minimum Gasteiger partial charge on any atom is -0.379 e. The number of ether oxygens (including phenoxy) is 1. The lowest BCUT2D eigenvalue weighted by molar-refractivity contribution is -0.00615. The SMILES string of the molecule is CNC(C)(CC(C)(C)OC)c1nc(C)c(C)s1. The Bertz CT molecular complexity index is 367. The van der Waals surface area contributed by atoms with Gasteiger partial charge in [-0.3, -0.25) is 0 Å². The molecular formula is C13H24N2OS. The van der Waals surface area contributed by atoms with Crippen molar-refractivity contribution in [2.45, 2.75) is 52.2 Å². The summed E-state index contributed by atoms with van der Waals surface area (Å²) in [7, 11) is 3.74. The quantitative estimate of drug-likeness (QED) is 0.879. The minimum absolute atomic E-state index is 0.136. The first-order valence-corrected chi connectivity index (χ1v) is 6.74. The van der Waals surface area contributed by atoms with Gasteiger partial charge in [0.15, 0.2) is 0 Å². The van der Waals surface area contributed by atoms with E-state index in [1.807, 2.05) is 7.05 Å². The van der Waals surface area contributed by atoms with E-state index in [-0.39, 0.29) is 11.1 Å². The minimum atomic E-state index is -0.161. The molecule has 0 amide bonds. The van der Waals surface area contributed by atoms with Crippen LogP contribution in [0.25, 0.3) is 0 Å². The van der Waals surface area contributed by atoms with Crippen molar-refractivity contribution in [1.29, 1.82) is 0 Å². The fourth-order valence-corrected chi connectivity index (χ4v) is 2.97. The third kappa shape index (κ3) is 3.27. The fraction of sp³-hybridized carbons (Fsp3) is 0.769. The molecule has 1 N–H and O–H groups in total. The molecule has 0 radical (unpaired) electrons. The van der Waals surface area contributed by atoms with E-state index in [2.05, 4.69) is 44.9 Å². The highest BCUT2D eigenvalue weighted by molar-refractivity contribution is 7.11. The third-order valence-corrected chi connectivity index (χ3v) is 4.72. The monoisotopic (exact) mass is 256 g/mol. The first kappa shape index (κ1) is 14.6. The Morgan fingerprint density at radius 3 is 2.24 bits per heavy atom. The van der Waals surface area contributed by atoms with Gasteiger partial charge in [0.1, 0.15) is 5.01 Å². The van der Waals surface area contributed by atoms with Gasteiger partial charge >= 0.3 is 0 Å². The standard InChI is InChI=1S/C13H24N2OS/c1-9-10(2)17-11(15-9)13(5,14-6)8-12(3,4)16-7/h14H,8H2,1-7H3.